The van der Waals surface area contributed by atoms with Crippen LogP contribution in [0.25, 0.3) is 0 Å². The summed E-state index contributed by atoms with van der Waals surface area (Å²) in [6, 6.07) is 4.74. The summed E-state index contributed by atoms with van der Waals surface area (Å²) < 4.78 is 0. The van der Waals surface area contributed by atoms with E-state index in [2.05, 4.69) is 80.9 Å². The fourth-order valence-electron chi connectivity index (χ4n) is 2.42. The van der Waals surface area contributed by atoms with Crippen molar-refractivity contribution in [3.8, 4) is 0 Å². The molecule has 1 atom stereocenters. The van der Waals surface area contributed by atoms with Gasteiger partial charge in [0, 0.05) is 37.4 Å². The molecule has 0 bridgehead atoms. The van der Waals surface area contributed by atoms with E-state index in [1.165, 1.54) is 5.56 Å². The fraction of sp³-hybridized carbons (Fsp3) is 0.706. The van der Waals surface area contributed by atoms with Crippen molar-refractivity contribution in [3.63, 3.8) is 0 Å². The topological polar surface area (TPSA) is 31.4 Å². The number of nitrogens with one attached hydrogen (secondary N) is 1. The Kier molecular flexibility index (Phi) is 6.62. The van der Waals surface area contributed by atoms with Crippen LogP contribution in [0.15, 0.2) is 18.3 Å². The second-order valence-electron chi connectivity index (χ2n) is 7.02. The smallest absolute Gasteiger partial charge is 0.129 e. The largest absolute Gasteiger partial charge is 0.353 e. The van der Waals surface area contributed by atoms with Crippen LogP contribution >= 0.6 is 0 Å². The van der Waals surface area contributed by atoms with Crippen molar-refractivity contribution in [1.29, 1.82) is 0 Å². The lowest BCUT2D eigenvalue weighted by Gasteiger charge is -2.31. The summed E-state index contributed by atoms with van der Waals surface area (Å²) >= 11 is 0. The number of anilines is 1. The number of likely N-dealkylation sites (N-methyl/N-ethyl adjacent to an activating group) is 2. The number of aromatic nitrogens is 1. The van der Waals surface area contributed by atoms with E-state index in [1.54, 1.807) is 0 Å². The van der Waals surface area contributed by atoms with Gasteiger partial charge in [-0.2, -0.15) is 0 Å². The average molecular weight is 292 g/mol. The normalized spacial score (nSPS) is 13.5. The van der Waals surface area contributed by atoms with Gasteiger partial charge in [-0.3, -0.25) is 0 Å². The predicted molar refractivity (Wildman–Crippen MR) is 91.9 cm³/mol. The quantitative estimate of drug-likeness (QED) is 0.837. The Labute approximate surface area is 130 Å². The molecule has 0 aliphatic rings. The molecule has 4 nitrogen and oxygen atoms in total. The van der Waals surface area contributed by atoms with E-state index in [9.17, 15) is 0 Å². The first-order valence-corrected chi connectivity index (χ1v) is 7.84. The summed E-state index contributed by atoms with van der Waals surface area (Å²) in [4.78, 5) is 9.15. The maximum Gasteiger partial charge on any atom is 0.129 e. The lowest BCUT2D eigenvalue weighted by molar-refractivity contribution is 0.372. The summed E-state index contributed by atoms with van der Waals surface area (Å²) in [7, 11) is 4.23. The van der Waals surface area contributed by atoms with Gasteiger partial charge in [0.2, 0.25) is 0 Å². The zero-order valence-corrected chi connectivity index (χ0v) is 14.8. The molecular formula is C17H32N4. The van der Waals surface area contributed by atoms with Crippen LogP contribution < -0.4 is 10.2 Å². The molecule has 0 fully saturated rings. The minimum atomic E-state index is 0.131. The summed E-state index contributed by atoms with van der Waals surface area (Å²) in [5.74, 6) is 1.07. The lowest BCUT2D eigenvalue weighted by atomic mass is 10.1. The molecule has 1 rings (SSSR count). The molecule has 0 spiro atoms. The highest BCUT2D eigenvalue weighted by Gasteiger charge is 2.15. The van der Waals surface area contributed by atoms with E-state index in [-0.39, 0.29) is 5.54 Å². The average Bonchev–Trinajstić information content (AvgIpc) is 2.36. The van der Waals surface area contributed by atoms with E-state index in [0.717, 1.165) is 25.5 Å². The first-order valence-electron chi connectivity index (χ1n) is 7.84. The number of nitrogens with zero attached hydrogens (tertiary/aromatic N) is 3. The fourth-order valence-corrected chi connectivity index (χ4v) is 2.42. The van der Waals surface area contributed by atoms with E-state index >= 15 is 0 Å². The molecule has 0 saturated heterocycles. The van der Waals surface area contributed by atoms with Gasteiger partial charge in [-0.1, -0.05) is 0 Å². The number of hydrogen-bond donors (Lipinski definition) is 1. The van der Waals surface area contributed by atoms with E-state index in [1.807, 2.05) is 6.20 Å². The number of rotatable bonds is 7. The molecule has 1 aromatic rings. The van der Waals surface area contributed by atoms with Crippen LogP contribution in [-0.4, -0.2) is 48.6 Å². The zero-order chi connectivity index (χ0) is 16.0. The van der Waals surface area contributed by atoms with Gasteiger partial charge in [0.15, 0.2) is 0 Å². The van der Waals surface area contributed by atoms with Crippen molar-refractivity contribution in [2.24, 2.45) is 0 Å². The Balaban J connectivity index is 2.81. The van der Waals surface area contributed by atoms with Crippen LogP contribution in [0.1, 0.15) is 40.2 Å². The highest BCUT2D eigenvalue weighted by Crippen LogP contribution is 2.16. The molecule has 0 radical (unpaired) electrons. The monoisotopic (exact) mass is 292 g/mol. The molecular weight excluding hydrogens is 260 g/mol. The Bertz CT molecular complexity index is 423. The van der Waals surface area contributed by atoms with Gasteiger partial charge < -0.3 is 15.1 Å². The van der Waals surface area contributed by atoms with Gasteiger partial charge in [-0.05, 0) is 66.4 Å². The molecule has 1 N–H and O–H groups in total. The summed E-state index contributed by atoms with van der Waals surface area (Å²) in [5.41, 5.74) is 1.41. The van der Waals surface area contributed by atoms with Gasteiger partial charge >= 0.3 is 0 Å². The molecule has 1 heterocycles. The summed E-state index contributed by atoms with van der Waals surface area (Å²) in [6.45, 7) is 13.9. The molecule has 0 saturated carbocycles. The van der Waals surface area contributed by atoms with Crippen LogP contribution in [0.3, 0.4) is 0 Å². The van der Waals surface area contributed by atoms with E-state index < -0.39 is 0 Å². The molecule has 120 valence electrons. The van der Waals surface area contributed by atoms with Crippen molar-refractivity contribution >= 4 is 5.82 Å². The summed E-state index contributed by atoms with van der Waals surface area (Å²) in [5, 5.41) is 3.53. The second-order valence-corrected chi connectivity index (χ2v) is 7.02. The molecule has 1 unspecified atom stereocenters. The predicted octanol–water partition coefficient (Wildman–Crippen LogP) is 2.75. The molecule has 0 amide bonds. The third kappa shape index (κ3) is 6.44. The van der Waals surface area contributed by atoms with E-state index in [0.29, 0.717) is 6.04 Å². The first kappa shape index (κ1) is 17.9. The van der Waals surface area contributed by atoms with Crippen molar-refractivity contribution < 1.29 is 0 Å². The minimum Gasteiger partial charge on any atom is -0.353 e. The van der Waals surface area contributed by atoms with Gasteiger partial charge in [-0.15, -0.1) is 0 Å². The Morgan fingerprint density at radius 2 is 1.95 bits per heavy atom. The van der Waals surface area contributed by atoms with Crippen LogP contribution in [0.4, 0.5) is 5.82 Å². The number of hydrogen-bond acceptors (Lipinski definition) is 4. The lowest BCUT2D eigenvalue weighted by Crippen LogP contribution is -2.40. The molecule has 0 aliphatic heterocycles. The third-order valence-electron chi connectivity index (χ3n) is 3.43. The van der Waals surface area contributed by atoms with Crippen LogP contribution in [-0.2, 0) is 6.54 Å². The van der Waals surface area contributed by atoms with Gasteiger partial charge in [0.25, 0.3) is 0 Å². The van der Waals surface area contributed by atoms with Gasteiger partial charge in [0.1, 0.15) is 5.82 Å². The van der Waals surface area contributed by atoms with Crippen LogP contribution in [0.2, 0.25) is 0 Å². The SMILES string of the molecule is CCN(c1cc(CNC(C)(C)C)ccn1)C(C)CN(C)C. The minimum absolute atomic E-state index is 0.131. The maximum absolute atomic E-state index is 4.56. The highest BCUT2D eigenvalue weighted by molar-refractivity contribution is 5.42. The van der Waals surface area contributed by atoms with Crippen molar-refractivity contribution in [1.82, 2.24) is 15.2 Å². The molecule has 0 aliphatic carbocycles. The van der Waals surface area contributed by atoms with Gasteiger partial charge in [-0.25, -0.2) is 4.98 Å². The summed E-state index contributed by atoms with van der Waals surface area (Å²) in [6.07, 6.45) is 1.92. The molecule has 21 heavy (non-hydrogen) atoms. The van der Waals surface area contributed by atoms with Crippen molar-refractivity contribution in [2.75, 3.05) is 32.1 Å². The molecule has 0 aromatic carbocycles. The standard InChI is InChI=1S/C17H32N4/c1-8-21(14(2)13-20(6)7)16-11-15(9-10-18-16)12-19-17(3,4)5/h9-11,14,19H,8,12-13H2,1-7H3. The van der Waals surface area contributed by atoms with E-state index in [4.69, 9.17) is 0 Å². The first-order chi connectivity index (χ1) is 9.73. The Morgan fingerprint density at radius 3 is 2.48 bits per heavy atom. The highest BCUT2D eigenvalue weighted by atomic mass is 15.2. The zero-order valence-electron chi connectivity index (χ0n) is 14.8. The van der Waals surface area contributed by atoms with Crippen LogP contribution in [0.5, 0.6) is 0 Å². The van der Waals surface area contributed by atoms with Crippen molar-refractivity contribution in [2.45, 2.75) is 52.7 Å². The maximum atomic E-state index is 4.56. The molecule has 4 heteroatoms. The van der Waals surface area contributed by atoms with Crippen molar-refractivity contribution in [3.05, 3.63) is 23.9 Å². The second kappa shape index (κ2) is 7.76. The number of pyridine rings is 1. The van der Waals surface area contributed by atoms with Gasteiger partial charge in [0.05, 0.1) is 0 Å². The third-order valence-corrected chi connectivity index (χ3v) is 3.43. The Morgan fingerprint density at radius 1 is 1.29 bits per heavy atom. The molecule has 1 aromatic heterocycles. The van der Waals surface area contributed by atoms with Crippen LogP contribution in [0, 0.1) is 0 Å². The Hall–Kier alpha value is -1.13.